The Morgan fingerprint density at radius 1 is 1.15 bits per heavy atom. The Bertz CT molecular complexity index is 687. The van der Waals surface area contributed by atoms with Crippen molar-refractivity contribution >= 4 is 69.4 Å². The highest BCUT2D eigenvalue weighted by Crippen LogP contribution is 2.28. The van der Waals surface area contributed by atoms with Gasteiger partial charge < -0.3 is 10.6 Å². The van der Waals surface area contributed by atoms with Crippen LogP contribution in [0.15, 0.2) is 23.3 Å². The van der Waals surface area contributed by atoms with E-state index in [-0.39, 0.29) is 11.8 Å². The summed E-state index contributed by atoms with van der Waals surface area (Å²) in [7, 11) is 0. The molecule has 7 nitrogen and oxygen atoms in total. The molecule has 0 atom stereocenters. The Hall–Kier alpha value is -1.10. The Balaban J connectivity index is 1.72. The topological polar surface area (TPSA) is 85.8 Å². The van der Waals surface area contributed by atoms with Crippen molar-refractivity contribution in [1.82, 2.24) is 14.2 Å². The van der Waals surface area contributed by atoms with E-state index in [9.17, 15) is 9.59 Å². The van der Waals surface area contributed by atoms with Crippen molar-refractivity contribution in [2.45, 2.75) is 25.7 Å². The lowest BCUT2D eigenvalue weighted by molar-refractivity contribution is -0.122. The number of hydrogen-bond acceptors (Lipinski definition) is 5. The first-order valence-electron chi connectivity index (χ1n) is 8.19. The lowest BCUT2D eigenvalue weighted by Crippen LogP contribution is -2.31. The predicted octanol–water partition coefficient (Wildman–Crippen LogP) is 2.86. The third-order valence-electron chi connectivity index (χ3n) is 3.64. The molecule has 0 radical (unpaired) electrons. The van der Waals surface area contributed by atoms with Gasteiger partial charge in [0, 0.05) is 61.8 Å². The average Bonchev–Trinajstić information content (AvgIpc) is 3.07. The van der Waals surface area contributed by atoms with E-state index in [0.717, 1.165) is 5.69 Å². The minimum absolute atomic E-state index is 0.0213. The largest absolute Gasteiger partial charge is 0.356 e. The first kappa shape index (κ1) is 21.2. The van der Waals surface area contributed by atoms with Crippen molar-refractivity contribution < 1.29 is 9.59 Å². The normalized spacial score (nSPS) is 13.5. The molecule has 0 aliphatic carbocycles. The maximum absolute atomic E-state index is 12.0. The summed E-state index contributed by atoms with van der Waals surface area (Å²) in [5.41, 5.74) is 0.826. The van der Waals surface area contributed by atoms with Gasteiger partial charge in [-0.2, -0.15) is 5.10 Å². The molecule has 0 aromatic heterocycles. The lowest BCUT2D eigenvalue weighted by atomic mass is 10.2. The van der Waals surface area contributed by atoms with Gasteiger partial charge in [-0.05, 0) is 24.6 Å². The standard InChI is InChI=1S/C16H20Cl2IN5O2/c17-12-4-3-11(10-13(12)18)24-9-6-14(23-24)22-16(26)2-1-7-20-15(25)5-8-21-19/h3-4,10,21H,1-2,5-9H2,(H,20,25)(H,22,23,26). The van der Waals surface area contributed by atoms with E-state index in [2.05, 4.69) is 19.3 Å². The van der Waals surface area contributed by atoms with Gasteiger partial charge in [0.15, 0.2) is 0 Å². The van der Waals surface area contributed by atoms with E-state index in [0.29, 0.717) is 61.2 Å². The van der Waals surface area contributed by atoms with Crippen LogP contribution in [0.3, 0.4) is 0 Å². The van der Waals surface area contributed by atoms with Gasteiger partial charge in [-0.3, -0.25) is 18.1 Å². The second-order valence-corrected chi connectivity index (χ2v) is 7.23. The van der Waals surface area contributed by atoms with Gasteiger partial charge in [0.2, 0.25) is 11.8 Å². The summed E-state index contributed by atoms with van der Waals surface area (Å²) < 4.78 is 2.88. The molecule has 1 aliphatic heterocycles. The fourth-order valence-corrected chi connectivity index (χ4v) is 2.89. The van der Waals surface area contributed by atoms with Gasteiger partial charge in [-0.15, -0.1) is 0 Å². The second-order valence-electron chi connectivity index (χ2n) is 5.65. The summed E-state index contributed by atoms with van der Waals surface area (Å²) in [6.07, 6.45) is 1.98. The minimum Gasteiger partial charge on any atom is -0.356 e. The number of nitrogens with zero attached hydrogens (tertiary/aromatic N) is 2. The smallest absolute Gasteiger partial charge is 0.225 e. The zero-order valence-electron chi connectivity index (χ0n) is 14.0. The molecule has 0 saturated heterocycles. The SMILES string of the molecule is O=C(CCNI)NCCCC(=O)NC1=NN(c2ccc(Cl)c(Cl)c2)CC1. The van der Waals surface area contributed by atoms with Crippen LogP contribution < -0.4 is 19.2 Å². The number of nitrogens with one attached hydrogen (secondary N) is 3. The number of hydrazone groups is 1. The predicted molar refractivity (Wildman–Crippen MR) is 113 cm³/mol. The van der Waals surface area contributed by atoms with Crippen LogP contribution in [0.25, 0.3) is 0 Å². The number of rotatable bonds is 8. The minimum atomic E-state index is -0.108. The van der Waals surface area contributed by atoms with E-state index in [1.807, 2.05) is 28.9 Å². The zero-order valence-corrected chi connectivity index (χ0v) is 17.7. The van der Waals surface area contributed by atoms with E-state index in [4.69, 9.17) is 23.2 Å². The first-order valence-corrected chi connectivity index (χ1v) is 10.0. The first-order chi connectivity index (χ1) is 12.5. The van der Waals surface area contributed by atoms with Crippen LogP contribution in [0.4, 0.5) is 5.69 Å². The van der Waals surface area contributed by atoms with Crippen LogP contribution in [0, 0.1) is 0 Å². The molecule has 1 aromatic rings. The van der Waals surface area contributed by atoms with Crippen molar-refractivity contribution in [2.24, 2.45) is 5.10 Å². The molecule has 0 bridgehead atoms. The van der Waals surface area contributed by atoms with E-state index < -0.39 is 0 Å². The molecular formula is C16H20Cl2IN5O2. The van der Waals surface area contributed by atoms with Crippen LogP contribution in [-0.2, 0) is 9.59 Å². The molecule has 142 valence electrons. The number of amides is 2. The molecule has 0 saturated carbocycles. The van der Waals surface area contributed by atoms with Crippen molar-refractivity contribution in [3.8, 4) is 0 Å². The zero-order chi connectivity index (χ0) is 18.9. The summed E-state index contributed by atoms with van der Waals surface area (Å²) in [6.45, 7) is 1.77. The summed E-state index contributed by atoms with van der Waals surface area (Å²) in [5, 5.41) is 12.7. The van der Waals surface area contributed by atoms with Crippen molar-refractivity contribution in [3.05, 3.63) is 28.2 Å². The highest BCUT2D eigenvalue weighted by Gasteiger charge is 2.18. The fourth-order valence-electron chi connectivity index (χ4n) is 2.33. The molecule has 0 unspecified atom stereocenters. The Kier molecular flexibility index (Phi) is 8.89. The maximum atomic E-state index is 12.0. The summed E-state index contributed by atoms with van der Waals surface area (Å²) in [5.74, 6) is 0.494. The van der Waals surface area contributed by atoms with E-state index >= 15 is 0 Å². The molecule has 2 rings (SSSR count). The number of anilines is 1. The summed E-state index contributed by atoms with van der Waals surface area (Å²) in [4.78, 5) is 23.4. The molecule has 1 aliphatic rings. The third kappa shape index (κ3) is 6.90. The highest BCUT2D eigenvalue weighted by atomic mass is 127. The van der Waals surface area contributed by atoms with Gasteiger partial charge >= 0.3 is 0 Å². The van der Waals surface area contributed by atoms with Crippen LogP contribution in [0.2, 0.25) is 10.0 Å². The monoisotopic (exact) mass is 511 g/mol. The van der Waals surface area contributed by atoms with Gasteiger partial charge in [0.25, 0.3) is 0 Å². The second kappa shape index (κ2) is 10.9. The van der Waals surface area contributed by atoms with Gasteiger partial charge in [-0.25, -0.2) is 0 Å². The van der Waals surface area contributed by atoms with E-state index in [1.165, 1.54) is 0 Å². The molecule has 1 heterocycles. The third-order valence-corrected chi connectivity index (χ3v) is 4.91. The van der Waals surface area contributed by atoms with Gasteiger partial charge in [0.1, 0.15) is 5.84 Å². The number of halogens is 3. The van der Waals surface area contributed by atoms with Crippen LogP contribution >= 0.6 is 46.1 Å². The summed E-state index contributed by atoms with van der Waals surface area (Å²) >= 11 is 13.9. The number of amidine groups is 1. The van der Waals surface area contributed by atoms with Gasteiger partial charge in [0.05, 0.1) is 15.7 Å². The molecule has 26 heavy (non-hydrogen) atoms. The van der Waals surface area contributed by atoms with Crippen molar-refractivity contribution in [1.29, 1.82) is 0 Å². The van der Waals surface area contributed by atoms with E-state index in [1.54, 1.807) is 17.1 Å². The molecular weight excluding hydrogens is 492 g/mol. The molecule has 10 heteroatoms. The lowest BCUT2D eigenvalue weighted by Gasteiger charge is -2.13. The molecule has 2 amide bonds. The number of benzene rings is 1. The van der Waals surface area contributed by atoms with Gasteiger partial charge in [-0.1, -0.05) is 23.2 Å². The number of hydrogen-bond donors (Lipinski definition) is 3. The van der Waals surface area contributed by atoms with Crippen LogP contribution in [-0.4, -0.2) is 37.3 Å². The van der Waals surface area contributed by atoms with Crippen LogP contribution in [0.1, 0.15) is 25.7 Å². The number of carbonyl (C=O) groups is 2. The van der Waals surface area contributed by atoms with Crippen LogP contribution in [0.5, 0.6) is 0 Å². The molecule has 0 spiro atoms. The molecule has 0 fully saturated rings. The Morgan fingerprint density at radius 2 is 1.96 bits per heavy atom. The quantitative estimate of drug-likeness (QED) is 0.284. The fraction of sp³-hybridized carbons (Fsp3) is 0.438. The Morgan fingerprint density at radius 3 is 2.69 bits per heavy atom. The maximum Gasteiger partial charge on any atom is 0.225 e. The number of carbonyl (C=O) groups excluding carboxylic acids is 2. The molecule has 1 aromatic carbocycles. The Labute approximate surface area is 176 Å². The molecule has 3 N–H and O–H groups in total. The van der Waals surface area contributed by atoms with Crippen molar-refractivity contribution in [2.75, 3.05) is 24.6 Å². The van der Waals surface area contributed by atoms with Crippen molar-refractivity contribution in [3.63, 3.8) is 0 Å². The summed E-state index contributed by atoms with van der Waals surface area (Å²) in [6, 6.07) is 5.29. The highest BCUT2D eigenvalue weighted by molar-refractivity contribution is 14.1. The average molecular weight is 512 g/mol.